The van der Waals surface area contributed by atoms with Gasteiger partial charge in [0.15, 0.2) is 11.5 Å². The van der Waals surface area contributed by atoms with Crippen LogP contribution in [0, 0.1) is 5.82 Å². The zero-order valence-electron chi connectivity index (χ0n) is 15.0. The minimum atomic E-state index is -2.94. The normalized spacial score (nSPS) is 10.9. The summed E-state index contributed by atoms with van der Waals surface area (Å²) in [4.78, 5) is 13.8. The van der Waals surface area contributed by atoms with Crippen molar-refractivity contribution in [3.8, 4) is 11.5 Å². The fourth-order valence-corrected chi connectivity index (χ4v) is 2.49. The van der Waals surface area contributed by atoms with Crippen LogP contribution in [0.15, 0.2) is 42.5 Å². The van der Waals surface area contributed by atoms with Gasteiger partial charge in [-0.15, -0.1) is 0 Å². The van der Waals surface area contributed by atoms with Crippen LogP contribution in [0.5, 0.6) is 11.5 Å². The summed E-state index contributed by atoms with van der Waals surface area (Å²) in [6, 6.07) is 10.3. The fourth-order valence-electron chi connectivity index (χ4n) is 2.49. The molecule has 0 aliphatic carbocycles. The Morgan fingerprint density at radius 3 is 2.63 bits per heavy atom. The number of hydrogen-bond donors (Lipinski definition) is 1. The highest BCUT2D eigenvalue weighted by Gasteiger charge is 2.13. The summed E-state index contributed by atoms with van der Waals surface area (Å²) >= 11 is 0. The summed E-state index contributed by atoms with van der Waals surface area (Å²) in [6.07, 6.45) is 0. The number of alkyl halides is 2. The van der Waals surface area contributed by atoms with Crippen molar-refractivity contribution < 1.29 is 27.4 Å². The average molecular weight is 382 g/mol. The van der Waals surface area contributed by atoms with Gasteiger partial charge in [0.05, 0.1) is 13.2 Å². The Kier molecular flexibility index (Phi) is 7.48. The van der Waals surface area contributed by atoms with E-state index in [4.69, 9.17) is 4.74 Å². The lowest BCUT2D eigenvalue weighted by Gasteiger charge is -2.18. The van der Waals surface area contributed by atoms with Crippen LogP contribution in [-0.4, -0.2) is 37.6 Å². The minimum absolute atomic E-state index is 0.0397. The Morgan fingerprint density at radius 1 is 1.19 bits per heavy atom. The lowest BCUT2D eigenvalue weighted by Crippen LogP contribution is -2.29. The molecular weight excluding hydrogens is 361 g/mol. The molecule has 146 valence electrons. The number of likely N-dealkylation sites (N-methyl/N-ethyl adjacent to an activating group) is 1. The van der Waals surface area contributed by atoms with Crippen molar-refractivity contribution in [3.05, 3.63) is 53.8 Å². The number of carbonyl (C=O) groups excluding carboxylic acids is 1. The van der Waals surface area contributed by atoms with E-state index in [1.54, 1.807) is 37.1 Å². The Hall–Kier alpha value is -2.74. The zero-order valence-corrected chi connectivity index (χ0v) is 15.0. The lowest BCUT2D eigenvalue weighted by atomic mass is 10.2. The van der Waals surface area contributed by atoms with Crippen LogP contribution in [0.3, 0.4) is 0 Å². The van der Waals surface area contributed by atoms with Crippen molar-refractivity contribution in [1.29, 1.82) is 0 Å². The molecule has 0 aliphatic heterocycles. The molecule has 0 radical (unpaired) electrons. The quantitative estimate of drug-likeness (QED) is 0.715. The van der Waals surface area contributed by atoms with Gasteiger partial charge in [-0.1, -0.05) is 12.1 Å². The second kappa shape index (κ2) is 9.82. The van der Waals surface area contributed by atoms with Gasteiger partial charge >= 0.3 is 6.61 Å². The van der Waals surface area contributed by atoms with Crippen LogP contribution in [0.4, 0.5) is 18.9 Å². The lowest BCUT2D eigenvalue weighted by molar-refractivity contribution is -0.117. The molecule has 0 unspecified atom stereocenters. The van der Waals surface area contributed by atoms with Crippen molar-refractivity contribution in [2.75, 3.05) is 25.5 Å². The molecule has 1 N–H and O–H groups in total. The van der Waals surface area contributed by atoms with Crippen LogP contribution >= 0.6 is 0 Å². The first-order valence-electron chi connectivity index (χ1n) is 8.32. The van der Waals surface area contributed by atoms with E-state index in [1.807, 2.05) is 0 Å². The molecule has 27 heavy (non-hydrogen) atoms. The smallest absolute Gasteiger partial charge is 0.387 e. The van der Waals surface area contributed by atoms with E-state index in [0.717, 1.165) is 5.56 Å². The van der Waals surface area contributed by atoms with Crippen LogP contribution in [0.25, 0.3) is 0 Å². The van der Waals surface area contributed by atoms with Crippen molar-refractivity contribution in [2.45, 2.75) is 20.1 Å². The third kappa shape index (κ3) is 6.82. The van der Waals surface area contributed by atoms with Gasteiger partial charge < -0.3 is 14.8 Å². The Labute approximate surface area is 155 Å². The van der Waals surface area contributed by atoms with E-state index in [9.17, 15) is 18.0 Å². The Bertz CT molecular complexity index is 772. The molecule has 2 aromatic rings. The summed E-state index contributed by atoms with van der Waals surface area (Å²) in [5, 5.41) is 2.61. The topological polar surface area (TPSA) is 50.8 Å². The highest BCUT2D eigenvalue weighted by atomic mass is 19.3. The summed E-state index contributed by atoms with van der Waals surface area (Å²) < 4.78 is 47.8. The van der Waals surface area contributed by atoms with Crippen molar-refractivity contribution in [2.24, 2.45) is 0 Å². The zero-order chi connectivity index (χ0) is 19.8. The first-order valence-corrected chi connectivity index (χ1v) is 8.32. The maximum absolute atomic E-state index is 13.1. The highest BCUT2D eigenvalue weighted by molar-refractivity contribution is 5.92. The fraction of sp³-hybridized carbons (Fsp3) is 0.316. The molecular formula is C19H21F3N2O3. The summed E-state index contributed by atoms with van der Waals surface area (Å²) in [5.74, 6) is -0.559. The molecule has 0 spiro atoms. The summed E-state index contributed by atoms with van der Waals surface area (Å²) in [5.41, 5.74) is 1.14. The Balaban J connectivity index is 1.96. The number of halogens is 3. The third-order valence-electron chi connectivity index (χ3n) is 3.50. The molecule has 0 aromatic heterocycles. The van der Waals surface area contributed by atoms with E-state index in [1.165, 1.54) is 24.3 Å². The Morgan fingerprint density at radius 2 is 1.96 bits per heavy atom. The molecule has 0 saturated heterocycles. The summed E-state index contributed by atoms with van der Waals surface area (Å²) in [6.45, 7) is -0.456. The molecule has 8 heteroatoms. The predicted octanol–water partition coefficient (Wildman–Crippen LogP) is 3.90. The minimum Gasteiger partial charge on any atom is -0.490 e. The predicted molar refractivity (Wildman–Crippen MR) is 95.6 cm³/mol. The number of nitrogens with zero attached hydrogens (tertiary/aromatic N) is 1. The van der Waals surface area contributed by atoms with Gasteiger partial charge in [-0.05, 0) is 49.9 Å². The largest absolute Gasteiger partial charge is 0.490 e. The van der Waals surface area contributed by atoms with Gasteiger partial charge in [-0.25, -0.2) is 4.39 Å². The van der Waals surface area contributed by atoms with Gasteiger partial charge in [-0.3, -0.25) is 9.69 Å². The molecule has 0 aliphatic rings. The molecule has 0 fully saturated rings. The number of benzene rings is 2. The van der Waals surface area contributed by atoms with E-state index in [-0.39, 0.29) is 24.0 Å². The van der Waals surface area contributed by atoms with Gasteiger partial charge in [0, 0.05) is 12.2 Å². The molecule has 2 aromatic carbocycles. The number of amides is 1. The third-order valence-corrected chi connectivity index (χ3v) is 3.50. The van der Waals surface area contributed by atoms with Crippen LogP contribution in [0.2, 0.25) is 0 Å². The molecule has 0 saturated carbocycles. The second-order valence-electron chi connectivity index (χ2n) is 5.82. The average Bonchev–Trinajstić information content (AvgIpc) is 2.56. The molecule has 5 nitrogen and oxygen atoms in total. The first kappa shape index (κ1) is 20.6. The van der Waals surface area contributed by atoms with Crippen LogP contribution < -0.4 is 14.8 Å². The molecule has 2 rings (SSSR count). The van der Waals surface area contributed by atoms with Crippen LogP contribution in [0.1, 0.15) is 12.5 Å². The van der Waals surface area contributed by atoms with Crippen molar-refractivity contribution in [1.82, 2.24) is 4.90 Å². The van der Waals surface area contributed by atoms with Gasteiger partial charge in [-0.2, -0.15) is 8.78 Å². The summed E-state index contributed by atoms with van der Waals surface area (Å²) in [7, 11) is 1.73. The van der Waals surface area contributed by atoms with Crippen LogP contribution in [-0.2, 0) is 11.3 Å². The number of nitrogens with one attached hydrogen (secondary N) is 1. The highest BCUT2D eigenvalue weighted by Crippen LogP contribution is 2.30. The molecule has 0 atom stereocenters. The SMILES string of the molecule is CCOc1cc(CN(C)CC(=O)Nc2cccc(F)c2)ccc1OC(F)F. The monoisotopic (exact) mass is 382 g/mol. The first-order chi connectivity index (χ1) is 12.9. The van der Waals surface area contributed by atoms with Gasteiger partial charge in [0.25, 0.3) is 0 Å². The maximum atomic E-state index is 13.1. The number of anilines is 1. The van der Waals surface area contributed by atoms with E-state index < -0.39 is 12.4 Å². The second-order valence-corrected chi connectivity index (χ2v) is 5.82. The number of ether oxygens (including phenoxy) is 2. The molecule has 0 heterocycles. The standard InChI is InChI=1S/C19H21F3N2O3/c1-3-26-17-9-13(7-8-16(17)27-19(21)22)11-24(2)12-18(25)23-15-6-4-5-14(20)10-15/h4-10,19H,3,11-12H2,1-2H3,(H,23,25). The molecule has 1 amide bonds. The van der Waals surface area contributed by atoms with Crippen molar-refractivity contribution in [3.63, 3.8) is 0 Å². The van der Waals surface area contributed by atoms with Gasteiger partial charge in [0.2, 0.25) is 5.91 Å². The van der Waals surface area contributed by atoms with E-state index in [0.29, 0.717) is 18.8 Å². The number of rotatable bonds is 9. The molecule has 0 bridgehead atoms. The van der Waals surface area contributed by atoms with E-state index >= 15 is 0 Å². The number of hydrogen-bond acceptors (Lipinski definition) is 4. The number of carbonyl (C=O) groups is 1. The maximum Gasteiger partial charge on any atom is 0.387 e. The van der Waals surface area contributed by atoms with Crippen molar-refractivity contribution >= 4 is 11.6 Å². The van der Waals surface area contributed by atoms with Gasteiger partial charge in [0.1, 0.15) is 5.82 Å². The van der Waals surface area contributed by atoms with E-state index in [2.05, 4.69) is 10.1 Å².